The molecule has 0 unspecified atom stereocenters. The Morgan fingerprint density at radius 2 is 1.95 bits per heavy atom. The maximum Gasteiger partial charge on any atom is 0.159 e. The molecule has 0 amide bonds. The highest BCUT2D eigenvalue weighted by molar-refractivity contribution is 7.98. The first-order chi connectivity index (χ1) is 10.1. The van der Waals surface area contributed by atoms with Crippen molar-refractivity contribution in [3.8, 4) is 6.07 Å². The Balaban J connectivity index is 2.16. The van der Waals surface area contributed by atoms with Gasteiger partial charge < -0.3 is 5.32 Å². The third-order valence-corrected chi connectivity index (χ3v) is 3.93. The minimum absolute atomic E-state index is 0.00753. The van der Waals surface area contributed by atoms with Crippen LogP contribution in [0.4, 0.5) is 5.69 Å². The number of hydrogen-bond acceptors (Lipinski definition) is 4. The second-order valence-corrected chi connectivity index (χ2v) is 5.51. The molecule has 0 atom stereocenters. The number of anilines is 1. The molecule has 0 saturated heterocycles. The van der Waals surface area contributed by atoms with E-state index in [1.54, 1.807) is 30.0 Å². The van der Waals surface area contributed by atoms with Gasteiger partial charge in [0, 0.05) is 17.0 Å². The summed E-state index contributed by atoms with van der Waals surface area (Å²) >= 11 is 1.70. The Kier molecular flexibility index (Phi) is 5.02. The molecule has 3 nitrogen and oxygen atoms in total. The highest BCUT2D eigenvalue weighted by atomic mass is 32.2. The third kappa shape index (κ3) is 3.87. The number of hydrogen-bond donors (Lipinski definition) is 1. The van der Waals surface area contributed by atoms with E-state index in [-0.39, 0.29) is 5.78 Å². The molecule has 2 aromatic rings. The number of Topliss-reactive ketones (excluding diaryl/α,β-unsaturated/α-hetero) is 1. The van der Waals surface area contributed by atoms with Crippen molar-refractivity contribution in [3.05, 3.63) is 59.2 Å². The van der Waals surface area contributed by atoms with Gasteiger partial charge in [-0.25, -0.2) is 0 Å². The molecule has 0 aliphatic carbocycles. The normalized spacial score (nSPS) is 9.95. The quantitative estimate of drug-likeness (QED) is 0.667. The van der Waals surface area contributed by atoms with E-state index < -0.39 is 0 Å². The monoisotopic (exact) mass is 296 g/mol. The largest absolute Gasteiger partial charge is 0.380 e. The number of rotatable bonds is 5. The van der Waals surface area contributed by atoms with E-state index in [0.29, 0.717) is 23.4 Å². The number of nitrogens with zero attached hydrogens (tertiary/aromatic N) is 1. The summed E-state index contributed by atoms with van der Waals surface area (Å²) in [5.41, 5.74) is 2.97. The lowest BCUT2D eigenvalue weighted by atomic mass is 10.1. The van der Waals surface area contributed by atoms with Gasteiger partial charge in [-0.05, 0) is 49.1 Å². The molecular weight excluding hydrogens is 280 g/mol. The highest BCUT2D eigenvalue weighted by Gasteiger charge is 2.06. The van der Waals surface area contributed by atoms with Crippen molar-refractivity contribution in [1.29, 1.82) is 5.26 Å². The summed E-state index contributed by atoms with van der Waals surface area (Å²) in [6.45, 7) is 2.14. The molecule has 0 heterocycles. The van der Waals surface area contributed by atoms with Gasteiger partial charge in [-0.3, -0.25) is 4.79 Å². The van der Waals surface area contributed by atoms with Gasteiger partial charge >= 0.3 is 0 Å². The Labute approximate surface area is 129 Å². The van der Waals surface area contributed by atoms with Gasteiger partial charge in [-0.15, -0.1) is 11.8 Å². The van der Waals surface area contributed by atoms with Crippen molar-refractivity contribution in [3.63, 3.8) is 0 Å². The van der Waals surface area contributed by atoms with Crippen molar-refractivity contribution in [2.45, 2.75) is 18.4 Å². The summed E-state index contributed by atoms with van der Waals surface area (Å²) in [5, 5.41) is 12.4. The molecule has 2 aromatic carbocycles. The maximum atomic E-state index is 11.4. The molecule has 0 spiro atoms. The lowest BCUT2D eigenvalue weighted by molar-refractivity contribution is 0.101. The van der Waals surface area contributed by atoms with Crippen LogP contribution in [0.3, 0.4) is 0 Å². The van der Waals surface area contributed by atoms with Gasteiger partial charge in [0.15, 0.2) is 5.78 Å². The SMILES string of the molecule is CSc1ccc(CNc2cc(C(C)=O)ccc2C#N)cc1. The minimum atomic E-state index is -0.00753. The van der Waals surface area contributed by atoms with E-state index in [9.17, 15) is 4.79 Å². The average Bonchev–Trinajstić information content (AvgIpc) is 2.53. The number of carbonyl (C=O) groups is 1. The minimum Gasteiger partial charge on any atom is -0.380 e. The number of thioether (sulfide) groups is 1. The van der Waals surface area contributed by atoms with Crippen LogP contribution in [0.5, 0.6) is 0 Å². The van der Waals surface area contributed by atoms with Crippen LogP contribution in [0.2, 0.25) is 0 Å². The van der Waals surface area contributed by atoms with E-state index in [0.717, 1.165) is 5.56 Å². The van der Waals surface area contributed by atoms with Gasteiger partial charge in [-0.1, -0.05) is 12.1 Å². The average molecular weight is 296 g/mol. The van der Waals surface area contributed by atoms with Crippen molar-refractivity contribution < 1.29 is 4.79 Å². The molecule has 0 saturated carbocycles. The van der Waals surface area contributed by atoms with E-state index in [2.05, 4.69) is 35.7 Å². The van der Waals surface area contributed by atoms with Crippen LogP contribution < -0.4 is 5.32 Å². The molecule has 0 radical (unpaired) electrons. The predicted molar refractivity (Wildman–Crippen MR) is 86.7 cm³/mol. The number of benzene rings is 2. The van der Waals surface area contributed by atoms with Crippen LogP contribution >= 0.6 is 11.8 Å². The Morgan fingerprint density at radius 3 is 2.52 bits per heavy atom. The number of nitrogens with one attached hydrogen (secondary N) is 1. The number of carbonyl (C=O) groups excluding carboxylic acids is 1. The lowest BCUT2D eigenvalue weighted by Crippen LogP contribution is -2.03. The first kappa shape index (κ1) is 15.1. The van der Waals surface area contributed by atoms with Crippen molar-refractivity contribution in [2.24, 2.45) is 0 Å². The highest BCUT2D eigenvalue weighted by Crippen LogP contribution is 2.20. The second kappa shape index (κ2) is 6.96. The third-order valence-electron chi connectivity index (χ3n) is 3.19. The molecule has 0 aliphatic rings. The topological polar surface area (TPSA) is 52.9 Å². The van der Waals surface area contributed by atoms with Gasteiger partial charge in [0.25, 0.3) is 0 Å². The zero-order chi connectivity index (χ0) is 15.2. The smallest absolute Gasteiger partial charge is 0.159 e. The summed E-state index contributed by atoms with van der Waals surface area (Å²) in [6.07, 6.45) is 2.04. The molecule has 0 fully saturated rings. The fourth-order valence-electron chi connectivity index (χ4n) is 1.95. The zero-order valence-corrected chi connectivity index (χ0v) is 12.8. The van der Waals surface area contributed by atoms with Crippen LogP contribution in [0.15, 0.2) is 47.4 Å². The van der Waals surface area contributed by atoms with Crippen LogP contribution in [0, 0.1) is 11.3 Å². The first-order valence-electron chi connectivity index (χ1n) is 6.56. The van der Waals surface area contributed by atoms with Crippen molar-refractivity contribution in [2.75, 3.05) is 11.6 Å². The summed E-state index contributed by atoms with van der Waals surface area (Å²) in [7, 11) is 0. The maximum absolute atomic E-state index is 11.4. The van der Waals surface area contributed by atoms with Crippen LogP contribution in [-0.4, -0.2) is 12.0 Å². The molecular formula is C17H16N2OS. The molecule has 0 aromatic heterocycles. The van der Waals surface area contributed by atoms with E-state index in [1.807, 2.05) is 6.26 Å². The Bertz CT molecular complexity index is 687. The molecule has 21 heavy (non-hydrogen) atoms. The van der Waals surface area contributed by atoms with Crippen LogP contribution in [0.25, 0.3) is 0 Å². The first-order valence-corrected chi connectivity index (χ1v) is 7.78. The van der Waals surface area contributed by atoms with E-state index in [1.165, 1.54) is 11.8 Å². The van der Waals surface area contributed by atoms with Crippen LogP contribution in [-0.2, 0) is 6.54 Å². The van der Waals surface area contributed by atoms with E-state index in [4.69, 9.17) is 5.26 Å². The van der Waals surface area contributed by atoms with Crippen molar-refractivity contribution >= 4 is 23.2 Å². The fraction of sp³-hybridized carbons (Fsp3) is 0.176. The van der Waals surface area contributed by atoms with Crippen molar-refractivity contribution in [1.82, 2.24) is 0 Å². The van der Waals surface area contributed by atoms with E-state index >= 15 is 0 Å². The Morgan fingerprint density at radius 1 is 1.24 bits per heavy atom. The molecule has 1 N–H and O–H groups in total. The molecule has 4 heteroatoms. The standard InChI is InChI=1S/C17H16N2OS/c1-12(20)14-5-6-15(10-18)17(9-14)19-11-13-3-7-16(21-2)8-4-13/h3-9,19H,11H2,1-2H3. The predicted octanol–water partition coefficient (Wildman–Crippen LogP) is 4.09. The second-order valence-electron chi connectivity index (χ2n) is 4.63. The van der Waals surface area contributed by atoms with Gasteiger partial charge in [0.2, 0.25) is 0 Å². The molecule has 0 bridgehead atoms. The zero-order valence-electron chi connectivity index (χ0n) is 12.0. The molecule has 2 rings (SSSR count). The van der Waals surface area contributed by atoms with Gasteiger partial charge in [0.05, 0.1) is 11.3 Å². The lowest BCUT2D eigenvalue weighted by Gasteiger charge is -2.10. The van der Waals surface area contributed by atoms with Crippen LogP contribution in [0.1, 0.15) is 28.4 Å². The van der Waals surface area contributed by atoms with Gasteiger partial charge in [-0.2, -0.15) is 5.26 Å². The summed E-state index contributed by atoms with van der Waals surface area (Å²) in [5.74, 6) is -0.00753. The number of ketones is 1. The summed E-state index contributed by atoms with van der Waals surface area (Å²) in [6, 6.07) is 15.5. The number of nitriles is 1. The fourth-order valence-corrected chi connectivity index (χ4v) is 2.36. The van der Waals surface area contributed by atoms with Gasteiger partial charge in [0.1, 0.15) is 6.07 Å². The Hall–Kier alpha value is -2.25. The molecule has 106 valence electrons. The summed E-state index contributed by atoms with van der Waals surface area (Å²) in [4.78, 5) is 12.6. The summed E-state index contributed by atoms with van der Waals surface area (Å²) < 4.78 is 0. The molecule has 0 aliphatic heterocycles.